The molecule has 7 heteroatoms. The van der Waals surface area contributed by atoms with Gasteiger partial charge in [-0.1, -0.05) is 6.07 Å². The molecule has 2 aliphatic rings. The molecule has 1 aromatic carbocycles. The largest absolute Gasteiger partial charge is 0.495 e. The molecule has 0 unspecified atom stereocenters. The average Bonchev–Trinajstić information content (AvgIpc) is 2.90. The van der Waals surface area contributed by atoms with Crippen LogP contribution in [-0.2, 0) is 4.74 Å². The number of hydrogen-bond donors (Lipinski definition) is 1. The molecular formula is C26H31N5O2. The van der Waals surface area contributed by atoms with E-state index < -0.39 is 0 Å². The number of benzene rings is 1. The molecule has 4 heterocycles. The number of aromatic nitrogens is 2. The zero-order valence-electron chi connectivity index (χ0n) is 19.1. The third-order valence-corrected chi connectivity index (χ3v) is 6.43. The first kappa shape index (κ1) is 21.5. The van der Waals surface area contributed by atoms with E-state index in [1.54, 1.807) is 7.11 Å². The lowest BCUT2D eigenvalue weighted by Crippen LogP contribution is -2.42. The van der Waals surface area contributed by atoms with Gasteiger partial charge in [0.15, 0.2) is 0 Å². The van der Waals surface area contributed by atoms with Crippen molar-refractivity contribution in [2.75, 3.05) is 61.6 Å². The Bertz CT molecular complexity index is 1060. The van der Waals surface area contributed by atoms with Gasteiger partial charge in [-0.05, 0) is 54.3 Å². The van der Waals surface area contributed by atoms with Crippen LogP contribution in [0.5, 0.6) is 5.75 Å². The summed E-state index contributed by atoms with van der Waals surface area (Å²) >= 11 is 0. The van der Waals surface area contributed by atoms with Gasteiger partial charge in [-0.25, -0.2) is 4.98 Å². The zero-order valence-corrected chi connectivity index (χ0v) is 19.1. The monoisotopic (exact) mass is 445 g/mol. The Balaban J connectivity index is 1.32. The summed E-state index contributed by atoms with van der Waals surface area (Å²) in [4.78, 5) is 13.5. The summed E-state index contributed by atoms with van der Waals surface area (Å²) in [6, 6.07) is 15.1. The Morgan fingerprint density at radius 1 is 0.939 bits per heavy atom. The number of hydrogen-bond acceptors (Lipinski definition) is 7. The van der Waals surface area contributed by atoms with Gasteiger partial charge in [0.2, 0.25) is 0 Å². The van der Waals surface area contributed by atoms with Gasteiger partial charge in [-0.2, -0.15) is 0 Å². The van der Waals surface area contributed by atoms with Gasteiger partial charge in [0.1, 0.15) is 11.6 Å². The van der Waals surface area contributed by atoms with Crippen molar-refractivity contribution in [2.24, 2.45) is 0 Å². The van der Waals surface area contributed by atoms with E-state index in [1.165, 1.54) is 11.3 Å². The Morgan fingerprint density at radius 2 is 1.79 bits per heavy atom. The molecule has 2 saturated heterocycles. The predicted octanol–water partition coefficient (Wildman–Crippen LogP) is 4.07. The number of ether oxygens (including phenoxy) is 2. The van der Waals surface area contributed by atoms with Gasteiger partial charge < -0.3 is 24.6 Å². The number of morpholine rings is 1. The minimum Gasteiger partial charge on any atom is -0.495 e. The molecule has 1 atom stereocenters. The SMILES string of the molecule is COc1ccc(-c2ccncc2)cc1N1CCC[C@@H](Nc2cc(N3CCOCC3)ccn2)C1. The average molecular weight is 446 g/mol. The maximum Gasteiger partial charge on any atom is 0.142 e. The number of pyridine rings is 2. The number of methoxy groups -OCH3 is 1. The lowest BCUT2D eigenvalue weighted by Gasteiger charge is -2.36. The van der Waals surface area contributed by atoms with Crippen molar-refractivity contribution in [2.45, 2.75) is 18.9 Å². The number of anilines is 3. The lowest BCUT2D eigenvalue weighted by molar-refractivity contribution is 0.122. The lowest BCUT2D eigenvalue weighted by atomic mass is 10.0. The first-order chi connectivity index (χ1) is 16.3. The Morgan fingerprint density at radius 3 is 2.61 bits per heavy atom. The van der Waals surface area contributed by atoms with Gasteiger partial charge in [0.25, 0.3) is 0 Å². The van der Waals surface area contributed by atoms with Gasteiger partial charge in [0.05, 0.1) is 26.0 Å². The zero-order chi connectivity index (χ0) is 22.5. The van der Waals surface area contributed by atoms with E-state index in [2.05, 4.69) is 55.4 Å². The third-order valence-electron chi connectivity index (χ3n) is 6.43. The van der Waals surface area contributed by atoms with Crippen LogP contribution in [0.15, 0.2) is 61.1 Å². The quantitative estimate of drug-likeness (QED) is 0.614. The highest BCUT2D eigenvalue weighted by Gasteiger charge is 2.23. The molecule has 2 aliphatic heterocycles. The second kappa shape index (κ2) is 10.1. The van der Waals surface area contributed by atoms with Crippen LogP contribution in [-0.4, -0.2) is 62.5 Å². The van der Waals surface area contributed by atoms with Crippen LogP contribution in [0.3, 0.4) is 0 Å². The predicted molar refractivity (Wildman–Crippen MR) is 132 cm³/mol. The molecule has 5 rings (SSSR count). The van der Waals surface area contributed by atoms with E-state index in [9.17, 15) is 0 Å². The smallest absolute Gasteiger partial charge is 0.142 e. The van der Waals surface area contributed by atoms with Crippen molar-refractivity contribution in [1.82, 2.24) is 9.97 Å². The molecule has 0 bridgehead atoms. The van der Waals surface area contributed by atoms with E-state index in [-0.39, 0.29) is 0 Å². The molecule has 0 saturated carbocycles. The van der Waals surface area contributed by atoms with Gasteiger partial charge in [-0.3, -0.25) is 4.98 Å². The number of piperidine rings is 1. The summed E-state index contributed by atoms with van der Waals surface area (Å²) in [5, 5.41) is 3.68. The maximum atomic E-state index is 5.72. The molecule has 33 heavy (non-hydrogen) atoms. The summed E-state index contributed by atoms with van der Waals surface area (Å²) in [6.45, 7) is 5.32. The molecule has 2 fully saturated rings. The van der Waals surface area contributed by atoms with E-state index in [1.807, 2.05) is 30.7 Å². The van der Waals surface area contributed by atoms with Gasteiger partial charge >= 0.3 is 0 Å². The minimum absolute atomic E-state index is 0.320. The van der Waals surface area contributed by atoms with Crippen LogP contribution in [0.2, 0.25) is 0 Å². The Labute approximate surface area is 195 Å². The molecule has 0 aliphatic carbocycles. The molecule has 3 aromatic rings. The van der Waals surface area contributed by atoms with Crippen LogP contribution >= 0.6 is 0 Å². The minimum atomic E-state index is 0.320. The summed E-state index contributed by atoms with van der Waals surface area (Å²) < 4.78 is 11.2. The number of nitrogens with zero attached hydrogens (tertiary/aromatic N) is 4. The van der Waals surface area contributed by atoms with E-state index in [4.69, 9.17) is 9.47 Å². The first-order valence-corrected chi connectivity index (χ1v) is 11.7. The van der Waals surface area contributed by atoms with E-state index >= 15 is 0 Å². The standard InChI is InChI=1S/C26H31N5O2/c1-32-25-5-4-21(20-6-9-27-10-7-20)17-24(25)31-12-2-3-22(19-31)29-26-18-23(8-11-28-26)30-13-15-33-16-14-30/h4-11,17-18,22H,2-3,12-16,19H2,1H3,(H,28,29)/t22-/m1/s1. The van der Waals surface area contributed by atoms with Crippen molar-refractivity contribution in [3.05, 3.63) is 61.1 Å². The summed E-state index contributed by atoms with van der Waals surface area (Å²) in [5.74, 6) is 1.84. The molecule has 0 amide bonds. The molecule has 7 nitrogen and oxygen atoms in total. The van der Waals surface area contributed by atoms with E-state index in [0.29, 0.717) is 6.04 Å². The van der Waals surface area contributed by atoms with Gasteiger partial charge in [-0.15, -0.1) is 0 Å². The van der Waals surface area contributed by atoms with Crippen LogP contribution in [0.4, 0.5) is 17.2 Å². The second-order valence-corrected chi connectivity index (χ2v) is 8.55. The van der Waals surface area contributed by atoms with Gasteiger partial charge in [0, 0.05) is 62.6 Å². The second-order valence-electron chi connectivity index (χ2n) is 8.55. The van der Waals surface area contributed by atoms with Crippen molar-refractivity contribution < 1.29 is 9.47 Å². The van der Waals surface area contributed by atoms with Crippen molar-refractivity contribution in [3.63, 3.8) is 0 Å². The molecule has 1 N–H and O–H groups in total. The number of rotatable bonds is 6. The summed E-state index contributed by atoms with van der Waals surface area (Å²) in [7, 11) is 1.74. The van der Waals surface area contributed by atoms with E-state index in [0.717, 1.165) is 75.1 Å². The highest BCUT2D eigenvalue weighted by Crippen LogP contribution is 2.35. The normalized spacial score (nSPS) is 18.8. The third kappa shape index (κ3) is 5.03. The molecule has 0 spiro atoms. The fraction of sp³-hybridized carbons (Fsp3) is 0.385. The highest BCUT2D eigenvalue weighted by molar-refractivity contribution is 5.72. The molecule has 2 aromatic heterocycles. The maximum absolute atomic E-state index is 5.72. The molecule has 0 radical (unpaired) electrons. The van der Waals surface area contributed by atoms with Crippen molar-refractivity contribution in [1.29, 1.82) is 0 Å². The van der Waals surface area contributed by atoms with Crippen molar-refractivity contribution in [3.8, 4) is 16.9 Å². The fourth-order valence-corrected chi connectivity index (χ4v) is 4.70. The fourth-order valence-electron chi connectivity index (χ4n) is 4.70. The topological polar surface area (TPSA) is 62.8 Å². The van der Waals surface area contributed by atoms with Crippen LogP contribution in [0.1, 0.15) is 12.8 Å². The van der Waals surface area contributed by atoms with Crippen LogP contribution in [0.25, 0.3) is 11.1 Å². The highest BCUT2D eigenvalue weighted by atomic mass is 16.5. The Hall–Kier alpha value is -3.32. The van der Waals surface area contributed by atoms with Crippen LogP contribution < -0.4 is 19.9 Å². The Kier molecular flexibility index (Phi) is 6.58. The number of nitrogens with one attached hydrogen (secondary N) is 1. The van der Waals surface area contributed by atoms with Crippen LogP contribution in [0, 0.1) is 0 Å². The summed E-state index contributed by atoms with van der Waals surface area (Å²) in [6.07, 6.45) is 7.79. The molecule has 172 valence electrons. The molecular weight excluding hydrogens is 414 g/mol. The van der Waals surface area contributed by atoms with Crippen molar-refractivity contribution >= 4 is 17.2 Å². The first-order valence-electron chi connectivity index (χ1n) is 11.7. The summed E-state index contributed by atoms with van der Waals surface area (Å²) in [5.41, 5.74) is 4.66.